The van der Waals surface area contributed by atoms with E-state index in [1.165, 1.54) is 5.56 Å². The molecular weight excluding hydrogens is 224 g/mol. The van der Waals surface area contributed by atoms with Gasteiger partial charge in [-0.05, 0) is 25.8 Å². The molecule has 1 saturated heterocycles. The van der Waals surface area contributed by atoms with Crippen molar-refractivity contribution in [2.45, 2.75) is 38.5 Å². The summed E-state index contributed by atoms with van der Waals surface area (Å²) in [5, 5.41) is 0. The molecule has 0 radical (unpaired) electrons. The first-order valence-electron chi connectivity index (χ1n) is 6.83. The molecule has 3 nitrogen and oxygen atoms in total. The van der Waals surface area contributed by atoms with Crippen molar-refractivity contribution in [2.75, 3.05) is 19.6 Å². The molecule has 2 rings (SSSR count). The highest BCUT2D eigenvalue weighted by Gasteiger charge is 2.22. The normalized spacial score (nSPS) is 27.1. The number of morpholine rings is 1. The van der Waals surface area contributed by atoms with E-state index in [0.29, 0.717) is 12.2 Å². The quantitative estimate of drug-likeness (QED) is 0.887. The molecule has 3 heteroatoms. The molecule has 0 aromatic heterocycles. The van der Waals surface area contributed by atoms with Crippen molar-refractivity contribution < 1.29 is 4.74 Å². The van der Waals surface area contributed by atoms with E-state index in [4.69, 9.17) is 10.5 Å². The summed E-state index contributed by atoms with van der Waals surface area (Å²) in [5.41, 5.74) is 7.45. The van der Waals surface area contributed by atoms with Gasteiger partial charge in [0.15, 0.2) is 0 Å². The van der Waals surface area contributed by atoms with Crippen molar-refractivity contribution in [3.05, 3.63) is 35.9 Å². The lowest BCUT2D eigenvalue weighted by Gasteiger charge is -2.35. The molecule has 1 heterocycles. The highest BCUT2D eigenvalue weighted by molar-refractivity contribution is 5.18. The second-order valence-corrected chi connectivity index (χ2v) is 5.32. The summed E-state index contributed by atoms with van der Waals surface area (Å²) in [7, 11) is 0. The summed E-state index contributed by atoms with van der Waals surface area (Å²) in [6.45, 7) is 7.37. The molecule has 0 bridgehead atoms. The van der Waals surface area contributed by atoms with Gasteiger partial charge in [0.05, 0.1) is 12.2 Å². The monoisotopic (exact) mass is 248 g/mol. The lowest BCUT2D eigenvalue weighted by molar-refractivity contribution is -0.0684. The van der Waals surface area contributed by atoms with Crippen molar-refractivity contribution in [2.24, 2.45) is 5.73 Å². The molecule has 2 N–H and O–H groups in total. The van der Waals surface area contributed by atoms with Crippen LogP contribution in [0.15, 0.2) is 30.3 Å². The molecule has 1 aromatic carbocycles. The smallest absolute Gasteiger partial charge is 0.0678 e. The number of hydrogen-bond donors (Lipinski definition) is 1. The average molecular weight is 248 g/mol. The molecule has 0 spiro atoms. The fraction of sp³-hybridized carbons (Fsp3) is 0.600. The predicted octanol–water partition coefficient (Wildman–Crippen LogP) is 2.19. The Hall–Kier alpha value is -0.900. The maximum absolute atomic E-state index is 6.22. The highest BCUT2D eigenvalue weighted by atomic mass is 16.5. The third-order valence-electron chi connectivity index (χ3n) is 3.48. The molecule has 3 atom stereocenters. The molecule has 0 saturated carbocycles. The zero-order valence-corrected chi connectivity index (χ0v) is 11.4. The van der Waals surface area contributed by atoms with E-state index >= 15 is 0 Å². The lowest BCUT2D eigenvalue weighted by Crippen LogP contribution is -2.46. The van der Waals surface area contributed by atoms with Crippen LogP contribution in [0.3, 0.4) is 0 Å². The van der Waals surface area contributed by atoms with Gasteiger partial charge in [-0.3, -0.25) is 4.90 Å². The predicted molar refractivity (Wildman–Crippen MR) is 74.4 cm³/mol. The van der Waals surface area contributed by atoms with Gasteiger partial charge in [-0.25, -0.2) is 0 Å². The summed E-state index contributed by atoms with van der Waals surface area (Å²) >= 11 is 0. The number of rotatable bonds is 4. The minimum Gasteiger partial charge on any atom is -0.373 e. The first kappa shape index (κ1) is 13.5. The van der Waals surface area contributed by atoms with Crippen LogP contribution in [0.4, 0.5) is 0 Å². The van der Waals surface area contributed by atoms with E-state index < -0.39 is 0 Å². The first-order valence-corrected chi connectivity index (χ1v) is 6.83. The van der Waals surface area contributed by atoms with Gasteiger partial charge in [-0.1, -0.05) is 30.3 Å². The van der Waals surface area contributed by atoms with Gasteiger partial charge < -0.3 is 10.5 Å². The zero-order valence-electron chi connectivity index (χ0n) is 11.4. The minimum atomic E-state index is 0.139. The topological polar surface area (TPSA) is 38.5 Å². The minimum absolute atomic E-state index is 0.139. The van der Waals surface area contributed by atoms with Crippen molar-refractivity contribution in [3.8, 4) is 0 Å². The van der Waals surface area contributed by atoms with Crippen LogP contribution in [0.25, 0.3) is 0 Å². The summed E-state index contributed by atoms with van der Waals surface area (Å²) < 4.78 is 5.73. The van der Waals surface area contributed by atoms with Gasteiger partial charge in [0, 0.05) is 25.7 Å². The van der Waals surface area contributed by atoms with Crippen LogP contribution in [0.1, 0.15) is 31.9 Å². The largest absolute Gasteiger partial charge is 0.373 e. The van der Waals surface area contributed by atoms with Crippen LogP contribution in [0.2, 0.25) is 0 Å². The third kappa shape index (κ3) is 3.80. The van der Waals surface area contributed by atoms with Crippen molar-refractivity contribution >= 4 is 0 Å². The Morgan fingerprint density at radius 1 is 1.22 bits per heavy atom. The van der Waals surface area contributed by atoms with Gasteiger partial charge >= 0.3 is 0 Å². The fourth-order valence-corrected chi connectivity index (χ4v) is 2.66. The van der Waals surface area contributed by atoms with Gasteiger partial charge in [0.25, 0.3) is 0 Å². The first-order chi connectivity index (χ1) is 8.65. The van der Waals surface area contributed by atoms with Gasteiger partial charge in [-0.15, -0.1) is 0 Å². The molecule has 1 aromatic rings. The van der Waals surface area contributed by atoms with Crippen LogP contribution < -0.4 is 5.73 Å². The molecule has 1 aliphatic heterocycles. The fourth-order valence-electron chi connectivity index (χ4n) is 2.66. The second kappa shape index (κ2) is 6.32. The molecule has 1 fully saturated rings. The van der Waals surface area contributed by atoms with Gasteiger partial charge in [0.2, 0.25) is 0 Å². The van der Waals surface area contributed by atoms with Crippen LogP contribution in [-0.2, 0) is 4.74 Å². The number of nitrogens with zero attached hydrogens (tertiary/aromatic N) is 1. The molecule has 0 aliphatic carbocycles. The van der Waals surface area contributed by atoms with Gasteiger partial charge in [-0.2, -0.15) is 0 Å². The Bertz CT molecular complexity index is 345. The number of ether oxygens (including phenoxy) is 1. The highest BCUT2D eigenvalue weighted by Crippen LogP contribution is 2.16. The summed E-state index contributed by atoms with van der Waals surface area (Å²) in [5.74, 6) is 0. The Kier molecular flexibility index (Phi) is 4.75. The SMILES string of the molecule is CC1CN(CCC(N)c2ccccc2)CC(C)O1. The van der Waals surface area contributed by atoms with Crippen LogP contribution >= 0.6 is 0 Å². The van der Waals surface area contributed by atoms with Crippen molar-refractivity contribution in [1.82, 2.24) is 4.90 Å². The molecule has 0 amide bonds. The zero-order chi connectivity index (χ0) is 13.0. The van der Waals surface area contributed by atoms with Crippen LogP contribution in [0, 0.1) is 0 Å². The number of nitrogens with two attached hydrogens (primary N) is 1. The van der Waals surface area contributed by atoms with E-state index in [9.17, 15) is 0 Å². The van der Waals surface area contributed by atoms with Crippen LogP contribution in [0.5, 0.6) is 0 Å². The van der Waals surface area contributed by atoms with Crippen molar-refractivity contribution in [1.29, 1.82) is 0 Å². The summed E-state index contributed by atoms with van der Waals surface area (Å²) in [6.07, 6.45) is 1.67. The molecule has 100 valence electrons. The standard InChI is InChI=1S/C15H24N2O/c1-12-10-17(11-13(2)18-12)9-8-15(16)14-6-4-3-5-7-14/h3-7,12-13,15H,8-11,16H2,1-2H3. The maximum atomic E-state index is 6.22. The van der Waals surface area contributed by atoms with Gasteiger partial charge in [0.1, 0.15) is 0 Å². The van der Waals surface area contributed by atoms with E-state index in [0.717, 1.165) is 26.1 Å². The maximum Gasteiger partial charge on any atom is 0.0678 e. The summed E-state index contributed by atoms with van der Waals surface area (Å²) in [4.78, 5) is 2.46. The molecule has 1 aliphatic rings. The third-order valence-corrected chi connectivity index (χ3v) is 3.48. The number of hydrogen-bond acceptors (Lipinski definition) is 3. The molecule has 3 unspecified atom stereocenters. The lowest BCUT2D eigenvalue weighted by atomic mass is 10.0. The van der Waals surface area contributed by atoms with E-state index in [1.807, 2.05) is 18.2 Å². The second-order valence-electron chi connectivity index (χ2n) is 5.32. The van der Waals surface area contributed by atoms with E-state index in [-0.39, 0.29) is 6.04 Å². The van der Waals surface area contributed by atoms with E-state index in [1.54, 1.807) is 0 Å². The molecule has 18 heavy (non-hydrogen) atoms. The molecular formula is C15H24N2O. The summed E-state index contributed by atoms with van der Waals surface area (Å²) in [6, 6.07) is 10.5. The van der Waals surface area contributed by atoms with Crippen molar-refractivity contribution in [3.63, 3.8) is 0 Å². The Morgan fingerprint density at radius 2 is 1.83 bits per heavy atom. The van der Waals surface area contributed by atoms with Crippen LogP contribution in [-0.4, -0.2) is 36.7 Å². The Morgan fingerprint density at radius 3 is 2.44 bits per heavy atom. The Balaban J connectivity index is 1.81. The Labute approximate surface area is 110 Å². The average Bonchev–Trinajstić information content (AvgIpc) is 2.36. The van der Waals surface area contributed by atoms with E-state index in [2.05, 4.69) is 30.9 Å². The number of benzene rings is 1.